The number of carbonyl (C=O) groups is 2. The SMILES string of the molecule is CC(C(C(=O)Nc1cccc(CC2CC2)c1)c1ccc(C(F)(F)F)cc1)C(F)(F)F.O=C(O)O. The first-order chi connectivity index (χ1) is 15.7. The third-order valence-electron chi connectivity index (χ3n) is 5.31. The maximum absolute atomic E-state index is 13.4. The average Bonchev–Trinajstić information content (AvgIpc) is 3.51. The highest BCUT2D eigenvalue weighted by Gasteiger charge is 2.45. The van der Waals surface area contributed by atoms with Crippen LogP contribution in [0.1, 0.15) is 42.4 Å². The van der Waals surface area contributed by atoms with Crippen molar-refractivity contribution >= 4 is 17.7 Å². The van der Waals surface area contributed by atoms with Crippen LogP contribution in [0.5, 0.6) is 0 Å². The van der Waals surface area contributed by atoms with E-state index in [0.29, 0.717) is 23.7 Å². The average molecular weight is 491 g/mol. The molecule has 0 bridgehead atoms. The number of carbonyl (C=O) groups excluding carboxylic acids is 1. The summed E-state index contributed by atoms with van der Waals surface area (Å²) in [4.78, 5) is 21.4. The molecule has 3 N–H and O–H groups in total. The van der Waals surface area contributed by atoms with Gasteiger partial charge in [0.2, 0.25) is 5.91 Å². The Balaban J connectivity index is 0.000000945. The summed E-state index contributed by atoms with van der Waals surface area (Å²) in [6.07, 6.45) is -8.04. The van der Waals surface area contributed by atoms with Crippen LogP contribution in [-0.4, -0.2) is 28.5 Å². The second-order valence-electron chi connectivity index (χ2n) is 8.05. The molecule has 2 unspecified atom stereocenters. The fourth-order valence-electron chi connectivity index (χ4n) is 3.39. The molecule has 2 atom stereocenters. The van der Waals surface area contributed by atoms with Crippen LogP contribution in [-0.2, 0) is 17.4 Å². The van der Waals surface area contributed by atoms with Gasteiger partial charge in [0, 0.05) is 5.69 Å². The van der Waals surface area contributed by atoms with Gasteiger partial charge in [-0.2, -0.15) is 26.3 Å². The zero-order valence-electron chi connectivity index (χ0n) is 18.0. The number of benzene rings is 2. The van der Waals surface area contributed by atoms with Crippen LogP contribution in [0.15, 0.2) is 48.5 Å². The Morgan fingerprint density at radius 2 is 1.56 bits per heavy atom. The first-order valence-electron chi connectivity index (χ1n) is 10.2. The van der Waals surface area contributed by atoms with Crippen LogP contribution in [0.25, 0.3) is 0 Å². The standard InChI is InChI=1S/C22H21F6NO.CH2O3/c1-13(21(23,24)25)19(16-7-9-17(10-8-16)22(26,27)28)20(30)29-18-4-2-3-15(12-18)11-14-5-6-14;2-1(3)4/h2-4,7-10,12-14,19H,5-6,11H2,1H3,(H,29,30);(H2,2,3,4). The highest BCUT2D eigenvalue weighted by molar-refractivity contribution is 5.96. The Hall–Kier alpha value is -3.24. The second kappa shape index (κ2) is 10.8. The van der Waals surface area contributed by atoms with Crippen molar-refractivity contribution in [3.05, 3.63) is 65.2 Å². The fourth-order valence-corrected chi connectivity index (χ4v) is 3.39. The summed E-state index contributed by atoms with van der Waals surface area (Å²) in [6.45, 7) is 0.853. The molecule has 1 fully saturated rings. The summed E-state index contributed by atoms with van der Waals surface area (Å²) in [5.41, 5.74) is 0.229. The van der Waals surface area contributed by atoms with Crippen LogP contribution in [0.3, 0.4) is 0 Å². The van der Waals surface area contributed by atoms with Crippen molar-refractivity contribution in [3.8, 4) is 0 Å². The Bertz CT molecular complexity index is 980. The number of hydrogen-bond donors (Lipinski definition) is 3. The number of alkyl halides is 6. The van der Waals surface area contributed by atoms with E-state index in [1.165, 1.54) is 0 Å². The van der Waals surface area contributed by atoms with Crippen molar-refractivity contribution in [3.63, 3.8) is 0 Å². The van der Waals surface area contributed by atoms with Crippen LogP contribution < -0.4 is 5.32 Å². The van der Waals surface area contributed by atoms with Gasteiger partial charge in [-0.15, -0.1) is 0 Å². The lowest BCUT2D eigenvalue weighted by Gasteiger charge is -2.26. The van der Waals surface area contributed by atoms with E-state index >= 15 is 0 Å². The van der Waals surface area contributed by atoms with Gasteiger partial charge < -0.3 is 15.5 Å². The van der Waals surface area contributed by atoms with E-state index in [0.717, 1.165) is 43.9 Å². The quantitative estimate of drug-likeness (QED) is 0.388. The van der Waals surface area contributed by atoms with Gasteiger partial charge in [-0.3, -0.25) is 4.79 Å². The van der Waals surface area contributed by atoms with E-state index in [1.807, 2.05) is 6.07 Å². The number of nitrogens with one attached hydrogen (secondary N) is 1. The van der Waals surface area contributed by atoms with E-state index in [9.17, 15) is 31.1 Å². The summed E-state index contributed by atoms with van der Waals surface area (Å²) in [7, 11) is 0. The molecule has 34 heavy (non-hydrogen) atoms. The number of hydrogen-bond acceptors (Lipinski definition) is 2. The van der Waals surface area contributed by atoms with Gasteiger partial charge in [0.25, 0.3) is 0 Å². The molecule has 11 heteroatoms. The Kier molecular flexibility index (Phi) is 8.57. The lowest BCUT2D eigenvalue weighted by Crippen LogP contribution is -2.34. The van der Waals surface area contributed by atoms with Crippen LogP contribution >= 0.6 is 0 Å². The summed E-state index contributed by atoms with van der Waals surface area (Å²) < 4.78 is 78.6. The van der Waals surface area contributed by atoms with Gasteiger partial charge in [-0.25, -0.2) is 4.79 Å². The molecule has 1 aliphatic carbocycles. The van der Waals surface area contributed by atoms with Crippen molar-refractivity contribution in [1.29, 1.82) is 0 Å². The molecule has 0 aromatic heterocycles. The van der Waals surface area contributed by atoms with Crippen LogP contribution in [0, 0.1) is 11.8 Å². The molecule has 0 aliphatic heterocycles. The third kappa shape index (κ3) is 8.27. The Morgan fingerprint density at radius 1 is 1.00 bits per heavy atom. The monoisotopic (exact) mass is 491 g/mol. The molecule has 186 valence electrons. The Morgan fingerprint density at radius 3 is 2.03 bits per heavy atom. The molecule has 2 aromatic carbocycles. The highest BCUT2D eigenvalue weighted by Crippen LogP contribution is 2.39. The summed E-state index contributed by atoms with van der Waals surface area (Å²) in [6, 6.07) is 10.1. The molecule has 1 aliphatic rings. The van der Waals surface area contributed by atoms with E-state index in [4.69, 9.17) is 15.0 Å². The zero-order valence-corrected chi connectivity index (χ0v) is 18.0. The molecule has 0 spiro atoms. The summed E-state index contributed by atoms with van der Waals surface area (Å²) in [5, 5.41) is 16.5. The van der Waals surface area contributed by atoms with Gasteiger partial charge >= 0.3 is 18.5 Å². The van der Waals surface area contributed by atoms with Crippen molar-refractivity contribution in [2.75, 3.05) is 5.32 Å². The molecular weight excluding hydrogens is 468 g/mol. The second-order valence-corrected chi connectivity index (χ2v) is 8.05. The number of anilines is 1. The van der Waals surface area contributed by atoms with Crippen molar-refractivity contribution in [1.82, 2.24) is 0 Å². The predicted molar refractivity (Wildman–Crippen MR) is 112 cm³/mol. The van der Waals surface area contributed by atoms with Gasteiger partial charge in [0.1, 0.15) is 0 Å². The molecule has 3 rings (SSSR count). The van der Waals surface area contributed by atoms with Crippen LogP contribution in [0.2, 0.25) is 0 Å². The van der Waals surface area contributed by atoms with Crippen LogP contribution in [0.4, 0.5) is 36.8 Å². The highest BCUT2D eigenvalue weighted by atomic mass is 19.4. The minimum Gasteiger partial charge on any atom is -0.450 e. The molecule has 0 saturated heterocycles. The lowest BCUT2D eigenvalue weighted by atomic mass is 9.85. The van der Waals surface area contributed by atoms with Gasteiger partial charge in [0.15, 0.2) is 0 Å². The van der Waals surface area contributed by atoms with Crippen molar-refractivity contribution < 1.29 is 46.1 Å². The lowest BCUT2D eigenvalue weighted by molar-refractivity contribution is -0.178. The van der Waals surface area contributed by atoms with Gasteiger partial charge in [-0.1, -0.05) is 31.2 Å². The number of amides is 1. The van der Waals surface area contributed by atoms with Gasteiger partial charge in [-0.05, 0) is 60.6 Å². The molecular formula is C23H23F6NO4. The first kappa shape index (κ1) is 27.0. The zero-order chi connectivity index (χ0) is 25.7. The number of rotatable bonds is 6. The maximum atomic E-state index is 13.4. The third-order valence-corrected chi connectivity index (χ3v) is 5.31. The first-order valence-corrected chi connectivity index (χ1v) is 10.2. The summed E-state index contributed by atoms with van der Waals surface area (Å²) in [5.74, 6) is -4.08. The maximum Gasteiger partial charge on any atom is 0.503 e. The Labute approximate surface area is 191 Å². The topological polar surface area (TPSA) is 86.6 Å². The van der Waals surface area contributed by atoms with E-state index < -0.39 is 41.8 Å². The largest absolute Gasteiger partial charge is 0.503 e. The number of halogens is 6. The van der Waals surface area contributed by atoms with Crippen molar-refractivity contribution in [2.24, 2.45) is 11.8 Å². The smallest absolute Gasteiger partial charge is 0.450 e. The fraction of sp³-hybridized carbons (Fsp3) is 0.391. The molecule has 1 saturated carbocycles. The van der Waals surface area contributed by atoms with E-state index in [2.05, 4.69) is 5.32 Å². The molecule has 2 aromatic rings. The summed E-state index contributed by atoms with van der Waals surface area (Å²) >= 11 is 0. The number of carboxylic acid groups (broad SMARTS) is 2. The molecule has 0 heterocycles. The van der Waals surface area contributed by atoms with Gasteiger partial charge in [0.05, 0.1) is 17.4 Å². The normalized spacial score (nSPS) is 15.5. The minimum atomic E-state index is -4.70. The minimum absolute atomic E-state index is 0.125. The van der Waals surface area contributed by atoms with Crippen molar-refractivity contribution in [2.45, 2.75) is 44.5 Å². The molecule has 0 radical (unpaired) electrons. The molecule has 1 amide bonds. The molecule has 5 nitrogen and oxygen atoms in total. The predicted octanol–water partition coefficient (Wildman–Crippen LogP) is 6.80. The van der Waals surface area contributed by atoms with E-state index in [1.54, 1.807) is 18.2 Å². The van der Waals surface area contributed by atoms with E-state index in [-0.39, 0.29) is 5.56 Å².